The number of aromatic nitrogens is 2. The number of fused-ring (bicyclic) bond motifs is 1. The molecule has 5 nitrogen and oxygen atoms in total. The van der Waals surface area contributed by atoms with Crippen LogP contribution in [0.5, 0.6) is 0 Å². The van der Waals surface area contributed by atoms with E-state index in [1.807, 2.05) is 24.3 Å². The Morgan fingerprint density at radius 2 is 1.80 bits per heavy atom. The second-order valence-electron chi connectivity index (χ2n) is 5.99. The van der Waals surface area contributed by atoms with E-state index in [1.165, 1.54) is 6.26 Å². The molecular formula is C14H18N2O3S. The van der Waals surface area contributed by atoms with Gasteiger partial charge in [-0.25, -0.2) is 13.2 Å². The van der Waals surface area contributed by atoms with Crippen molar-refractivity contribution in [3.8, 4) is 0 Å². The first-order valence-electron chi connectivity index (χ1n) is 6.63. The zero-order chi connectivity index (χ0) is 14.5. The molecule has 2 aromatic rings. The fourth-order valence-corrected chi connectivity index (χ4v) is 4.42. The van der Waals surface area contributed by atoms with Gasteiger partial charge in [0.05, 0.1) is 16.8 Å². The first kappa shape index (κ1) is 13.4. The molecule has 0 unspecified atom stereocenters. The van der Waals surface area contributed by atoms with Crippen molar-refractivity contribution in [2.75, 3.05) is 12.0 Å². The van der Waals surface area contributed by atoms with Gasteiger partial charge < -0.3 is 0 Å². The van der Waals surface area contributed by atoms with Crippen LogP contribution in [0.2, 0.25) is 0 Å². The number of sulfone groups is 1. The molecule has 0 bridgehead atoms. The van der Waals surface area contributed by atoms with Crippen molar-refractivity contribution >= 4 is 20.9 Å². The Hall–Kier alpha value is -1.56. The molecule has 1 heterocycles. The van der Waals surface area contributed by atoms with Crippen molar-refractivity contribution in [1.29, 1.82) is 0 Å². The van der Waals surface area contributed by atoms with Gasteiger partial charge >= 0.3 is 5.69 Å². The van der Waals surface area contributed by atoms with Gasteiger partial charge in [-0.3, -0.25) is 9.13 Å². The predicted molar refractivity (Wildman–Crippen MR) is 78.6 cm³/mol. The highest BCUT2D eigenvalue weighted by atomic mass is 32.2. The third-order valence-corrected chi connectivity index (χ3v) is 5.21. The van der Waals surface area contributed by atoms with Crippen molar-refractivity contribution in [2.24, 2.45) is 12.5 Å². The summed E-state index contributed by atoms with van der Waals surface area (Å²) >= 11 is 0. The normalized spacial score (nSPS) is 17.5. The quantitative estimate of drug-likeness (QED) is 0.850. The molecule has 0 amide bonds. The lowest BCUT2D eigenvalue weighted by molar-refractivity contribution is 0.456. The van der Waals surface area contributed by atoms with Crippen LogP contribution in [0.1, 0.15) is 12.8 Å². The minimum Gasteiger partial charge on any atom is -0.295 e. The third-order valence-electron chi connectivity index (χ3n) is 4.07. The highest BCUT2D eigenvalue weighted by molar-refractivity contribution is 7.90. The van der Waals surface area contributed by atoms with Crippen molar-refractivity contribution in [3.05, 3.63) is 34.7 Å². The third kappa shape index (κ3) is 2.28. The van der Waals surface area contributed by atoms with Crippen LogP contribution in [0.15, 0.2) is 29.1 Å². The van der Waals surface area contributed by atoms with Crippen molar-refractivity contribution in [2.45, 2.75) is 19.4 Å². The Morgan fingerprint density at radius 3 is 2.35 bits per heavy atom. The molecule has 1 aliphatic carbocycles. The van der Waals surface area contributed by atoms with Gasteiger partial charge in [-0.15, -0.1) is 0 Å². The Labute approximate surface area is 117 Å². The monoisotopic (exact) mass is 294 g/mol. The lowest BCUT2D eigenvalue weighted by Gasteiger charge is -2.14. The largest absolute Gasteiger partial charge is 0.328 e. The van der Waals surface area contributed by atoms with Gasteiger partial charge in [-0.05, 0) is 25.0 Å². The van der Waals surface area contributed by atoms with E-state index in [9.17, 15) is 13.2 Å². The van der Waals surface area contributed by atoms with Gasteiger partial charge in [0.2, 0.25) is 0 Å². The summed E-state index contributed by atoms with van der Waals surface area (Å²) < 4.78 is 26.4. The number of benzene rings is 1. The molecule has 3 rings (SSSR count). The van der Waals surface area contributed by atoms with Crippen LogP contribution in [-0.2, 0) is 23.4 Å². The molecule has 0 aliphatic heterocycles. The fourth-order valence-electron chi connectivity index (χ4n) is 2.93. The average molecular weight is 294 g/mol. The molecule has 0 N–H and O–H groups in total. The summed E-state index contributed by atoms with van der Waals surface area (Å²) in [6.45, 7) is 0.486. The zero-order valence-electron chi connectivity index (χ0n) is 11.7. The van der Waals surface area contributed by atoms with E-state index < -0.39 is 9.84 Å². The minimum atomic E-state index is -3.02. The van der Waals surface area contributed by atoms with Crippen molar-refractivity contribution in [1.82, 2.24) is 9.13 Å². The van der Waals surface area contributed by atoms with Crippen LogP contribution >= 0.6 is 0 Å². The Balaban J connectivity index is 2.04. The summed E-state index contributed by atoms with van der Waals surface area (Å²) in [7, 11) is -1.27. The summed E-state index contributed by atoms with van der Waals surface area (Å²) in [6, 6.07) is 7.61. The van der Waals surface area contributed by atoms with Gasteiger partial charge in [0.1, 0.15) is 9.84 Å². The predicted octanol–water partition coefficient (Wildman–Crippen LogP) is 1.16. The number of rotatable bonds is 4. The molecule has 1 saturated carbocycles. The second-order valence-corrected chi connectivity index (χ2v) is 8.13. The average Bonchev–Trinajstić information content (AvgIpc) is 3.07. The SMILES string of the molecule is Cn1c(=O)n(CC2(CS(C)(=O)=O)CC2)c2ccccc21. The van der Waals surface area contributed by atoms with Crippen LogP contribution in [0.4, 0.5) is 0 Å². The van der Waals surface area contributed by atoms with Gasteiger partial charge in [0, 0.05) is 25.3 Å². The van der Waals surface area contributed by atoms with E-state index in [0.717, 1.165) is 23.9 Å². The zero-order valence-corrected chi connectivity index (χ0v) is 12.5. The molecule has 0 atom stereocenters. The van der Waals surface area contributed by atoms with E-state index >= 15 is 0 Å². The van der Waals surface area contributed by atoms with Gasteiger partial charge in [0.15, 0.2) is 0 Å². The molecule has 1 aliphatic rings. The summed E-state index contributed by atoms with van der Waals surface area (Å²) in [5.41, 5.74) is 1.43. The smallest absolute Gasteiger partial charge is 0.295 e. The maximum atomic E-state index is 12.3. The molecular weight excluding hydrogens is 276 g/mol. The first-order chi connectivity index (χ1) is 9.31. The maximum absolute atomic E-state index is 12.3. The van der Waals surface area contributed by atoms with E-state index in [0.29, 0.717) is 6.54 Å². The molecule has 1 aromatic carbocycles. The van der Waals surface area contributed by atoms with E-state index in [2.05, 4.69) is 0 Å². The Bertz CT molecular complexity index is 826. The van der Waals surface area contributed by atoms with Crippen LogP contribution < -0.4 is 5.69 Å². The standard InChI is InChI=1S/C14H18N2O3S/c1-15-11-5-3-4-6-12(11)16(13(15)17)9-14(7-8-14)10-20(2,18)19/h3-6H,7-10H2,1-2H3. The summed E-state index contributed by atoms with van der Waals surface area (Å²) in [5, 5.41) is 0. The molecule has 0 spiro atoms. The molecule has 108 valence electrons. The molecule has 1 fully saturated rings. The highest BCUT2D eigenvalue weighted by Crippen LogP contribution is 2.48. The molecule has 0 saturated heterocycles. The molecule has 1 aromatic heterocycles. The number of para-hydroxylation sites is 2. The van der Waals surface area contributed by atoms with Crippen LogP contribution in [0.25, 0.3) is 11.0 Å². The van der Waals surface area contributed by atoms with Crippen LogP contribution in [0, 0.1) is 5.41 Å². The summed E-state index contributed by atoms with van der Waals surface area (Å²) in [5.74, 6) is 0.162. The number of hydrogen-bond donors (Lipinski definition) is 0. The van der Waals surface area contributed by atoms with E-state index in [-0.39, 0.29) is 16.9 Å². The number of hydrogen-bond acceptors (Lipinski definition) is 3. The number of nitrogens with zero attached hydrogens (tertiary/aromatic N) is 2. The van der Waals surface area contributed by atoms with Crippen molar-refractivity contribution < 1.29 is 8.42 Å². The topological polar surface area (TPSA) is 61.1 Å². The maximum Gasteiger partial charge on any atom is 0.328 e. The number of aryl methyl sites for hydroxylation is 1. The lowest BCUT2D eigenvalue weighted by Crippen LogP contribution is -2.29. The van der Waals surface area contributed by atoms with Crippen molar-refractivity contribution in [3.63, 3.8) is 0 Å². The highest BCUT2D eigenvalue weighted by Gasteiger charge is 2.46. The molecule has 6 heteroatoms. The first-order valence-corrected chi connectivity index (χ1v) is 8.69. The Kier molecular flexibility index (Phi) is 2.83. The lowest BCUT2D eigenvalue weighted by atomic mass is 10.1. The molecule has 20 heavy (non-hydrogen) atoms. The van der Waals surface area contributed by atoms with Crippen LogP contribution in [0.3, 0.4) is 0 Å². The summed E-state index contributed by atoms with van der Waals surface area (Å²) in [6.07, 6.45) is 3.00. The minimum absolute atomic E-state index is 0.0778. The fraction of sp³-hybridized carbons (Fsp3) is 0.500. The summed E-state index contributed by atoms with van der Waals surface area (Å²) in [4.78, 5) is 12.3. The van der Waals surface area contributed by atoms with Gasteiger partial charge in [-0.1, -0.05) is 12.1 Å². The van der Waals surface area contributed by atoms with E-state index in [4.69, 9.17) is 0 Å². The van der Waals surface area contributed by atoms with Gasteiger partial charge in [-0.2, -0.15) is 0 Å². The Morgan fingerprint density at radius 1 is 1.20 bits per heavy atom. The molecule has 0 radical (unpaired) electrons. The number of imidazole rings is 1. The second kappa shape index (κ2) is 4.22. The van der Waals surface area contributed by atoms with Gasteiger partial charge in [0.25, 0.3) is 0 Å². The van der Waals surface area contributed by atoms with E-state index in [1.54, 1.807) is 16.2 Å². The van der Waals surface area contributed by atoms with Crippen LogP contribution in [-0.4, -0.2) is 29.6 Å².